The van der Waals surface area contributed by atoms with E-state index in [1.54, 1.807) is 0 Å². The molecule has 2 unspecified atom stereocenters. The largest absolute Gasteiger partial charge is 0.371 e. The molecule has 1 fully saturated rings. The number of anilines is 2. The van der Waals surface area contributed by atoms with Gasteiger partial charge in [0.15, 0.2) is 0 Å². The highest BCUT2D eigenvalue weighted by atomic mass is 32.2. The van der Waals surface area contributed by atoms with Gasteiger partial charge in [-0.3, -0.25) is 0 Å². The molecule has 20 heavy (non-hydrogen) atoms. The van der Waals surface area contributed by atoms with E-state index in [1.807, 2.05) is 0 Å². The number of rotatable bonds is 2. The number of hydrogen-bond acceptors (Lipinski definition) is 4. The Morgan fingerprint density at radius 3 is 2.75 bits per heavy atom. The highest BCUT2D eigenvalue weighted by Gasteiger charge is 2.44. The normalized spacial score (nSPS) is 30.2. The minimum Gasteiger partial charge on any atom is -0.371 e. The van der Waals surface area contributed by atoms with Crippen LogP contribution in [-0.4, -0.2) is 43.2 Å². The zero-order valence-electron chi connectivity index (χ0n) is 12.5. The molecule has 2 atom stereocenters. The first-order chi connectivity index (χ1) is 9.69. The quantitative estimate of drug-likeness (QED) is 0.908. The van der Waals surface area contributed by atoms with Crippen molar-refractivity contribution in [3.8, 4) is 0 Å². The molecule has 4 heteroatoms. The van der Waals surface area contributed by atoms with Gasteiger partial charge in [0.05, 0.1) is 16.9 Å². The van der Waals surface area contributed by atoms with Gasteiger partial charge in [0.25, 0.3) is 0 Å². The van der Waals surface area contributed by atoms with Gasteiger partial charge >= 0.3 is 0 Å². The van der Waals surface area contributed by atoms with Gasteiger partial charge in [0.1, 0.15) is 0 Å². The third-order valence-corrected chi connectivity index (χ3v) is 6.48. The van der Waals surface area contributed by atoms with Crippen molar-refractivity contribution in [2.45, 2.75) is 30.6 Å². The van der Waals surface area contributed by atoms with Crippen molar-refractivity contribution in [3.63, 3.8) is 0 Å². The molecule has 0 aromatic heterocycles. The van der Waals surface area contributed by atoms with Gasteiger partial charge in [-0.1, -0.05) is 19.1 Å². The van der Waals surface area contributed by atoms with E-state index in [1.165, 1.54) is 30.0 Å². The third-order valence-electron chi connectivity index (χ3n) is 5.01. The molecule has 3 nitrogen and oxygen atoms in total. The summed E-state index contributed by atoms with van der Waals surface area (Å²) in [5.41, 5.74) is 9.11. The Labute approximate surface area is 126 Å². The van der Waals surface area contributed by atoms with Crippen LogP contribution in [0, 0.1) is 0 Å². The lowest BCUT2D eigenvalue weighted by atomic mass is 9.86. The van der Waals surface area contributed by atoms with Gasteiger partial charge in [-0.15, -0.1) is 0 Å². The number of para-hydroxylation sites is 2. The first-order valence-corrected chi connectivity index (χ1v) is 8.63. The molecule has 0 radical (unpaired) electrons. The Morgan fingerprint density at radius 2 is 2.05 bits per heavy atom. The van der Waals surface area contributed by atoms with Crippen molar-refractivity contribution in [1.29, 1.82) is 0 Å². The van der Waals surface area contributed by atoms with Crippen LogP contribution in [-0.2, 0) is 0 Å². The molecule has 0 bridgehead atoms. The summed E-state index contributed by atoms with van der Waals surface area (Å²) in [6.07, 6.45) is 2.50. The molecule has 1 saturated heterocycles. The molecule has 0 aliphatic carbocycles. The van der Waals surface area contributed by atoms with Crippen LogP contribution in [0.25, 0.3) is 0 Å². The monoisotopic (exact) mass is 291 g/mol. The van der Waals surface area contributed by atoms with Crippen LogP contribution in [0.4, 0.5) is 11.4 Å². The van der Waals surface area contributed by atoms with Crippen LogP contribution < -0.4 is 15.5 Å². The molecule has 2 aliphatic rings. The van der Waals surface area contributed by atoms with Crippen molar-refractivity contribution in [2.75, 3.05) is 42.2 Å². The average Bonchev–Trinajstić information content (AvgIpc) is 2.49. The summed E-state index contributed by atoms with van der Waals surface area (Å²) in [5.74, 6) is 1.28. The lowest BCUT2D eigenvalue weighted by Crippen LogP contribution is -2.63. The standard InChI is InChI=1S/C16H25N3S/c1-13-16(12-17,8-5-11-20-13)19-10-9-18(2)14-6-3-4-7-15(14)19/h3-4,6-7,13H,5,8-12,17H2,1-2H3. The number of fused-ring (bicyclic) bond motifs is 1. The van der Waals surface area contributed by atoms with Gasteiger partial charge in [-0.2, -0.15) is 11.8 Å². The predicted octanol–water partition coefficient (Wildman–Crippen LogP) is 2.56. The van der Waals surface area contributed by atoms with Gasteiger partial charge in [0, 0.05) is 31.9 Å². The fourth-order valence-electron chi connectivity index (χ4n) is 3.70. The minimum atomic E-state index is 0.125. The molecule has 1 aromatic rings. The molecule has 1 aromatic carbocycles. The number of thioether (sulfide) groups is 1. The summed E-state index contributed by atoms with van der Waals surface area (Å²) in [4.78, 5) is 4.97. The highest BCUT2D eigenvalue weighted by Crippen LogP contribution is 2.44. The second kappa shape index (κ2) is 5.49. The molecule has 3 rings (SSSR count). The fraction of sp³-hybridized carbons (Fsp3) is 0.625. The summed E-state index contributed by atoms with van der Waals surface area (Å²) in [5, 5.41) is 0.595. The van der Waals surface area contributed by atoms with Crippen LogP contribution in [0.1, 0.15) is 19.8 Å². The average molecular weight is 291 g/mol. The zero-order chi connectivity index (χ0) is 14.2. The third kappa shape index (κ3) is 2.09. The van der Waals surface area contributed by atoms with Crippen molar-refractivity contribution < 1.29 is 0 Å². The molecular formula is C16H25N3S. The molecule has 110 valence electrons. The molecule has 0 amide bonds. The maximum Gasteiger partial charge on any atom is 0.0641 e. The Balaban J connectivity index is 2.03. The number of nitrogens with zero attached hydrogens (tertiary/aromatic N) is 2. The second-order valence-corrected chi connectivity index (χ2v) is 7.43. The fourth-order valence-corrected chi connectivity index (χ4v) is 5.01. The Hall–Kier alpha value is -0.870. The number of likely N-dealkylation sites (N-methyl/N-ethyl adjacent to an activating group) is 1. The number of benzene rings is 1. The maximum absolute atomic E-state index is 6.28. The van der Waals surface area contributed by atoms with Crippen molar-refractivity contribution >= 4 is 23.1 Å². The maximum atomic E-state index is 6.28. The Bertz CT molecular complexity index is 479. The molecular weight excluding hydrogens is 266 g/mol. The van der Waals surface area contributed by atoms with E-state index in [0.29, 0.717) is 5.25 Å². The Kier molecular flexibility index (Phi) is 3.87. The summed E-state index contributed by atoms with van der Waals surface area (Å²) in [7, 11) is 2.18. The summed E-state index contributed by atoms with van der Waals surface area (Å²) < 4.78 is 0. The summed E-state index contributed by atoms with van der Waals surface area (Å²) in [6, 6.07) is 8.77. The lowest BCUT2D eigenvalue weighted by molar-refractivity contribution is 0.349. The highest BCUT2D eigenvalue weighted by molar-refractivity contribution is 8.00. The van der Waals surface area contributed by atoms with E-state index in [-0.39, 0.29) is 5.54 Å². The van der Waals surface area contributed by atoms with Crippen LogP contribution in [0.2, 0.25) is 0 Å². The molecule has 2 heterocycles. The first kappa shape index (κ1) is 14.1. The lowest BCUT2D eigenvalue weighted by Gasteiger charge is -2.53. The van der Waals surface area contributed by atoms with E-state index in [9.17, 15) is 0 Å². The first-order valence-electron chi connectivity index (χ1n) is 7.58. The minimum absolute atomic E-state index is 0.125. The SMILES string of the molecule is CC1SCCCC1(CN)N1CCN(C)c2ccccc21. The predicted molar refractivity (Wildman–Crippen MR) is 90.0 cm³/mol. The van der Waals surface area contributed by atoms with E-state index >= 15 is 0 Å². The molecule has 0 spiro atoms. The Morgan fingerprint density at radius 1 is 1.30 bits per heavy atom. The van der Waals surface area contributed by atoms with Gasteiger partial charge in [0.2, 0.25) is 0 Å². The number of hydrogen-bond donors (Lipinski definition) is 1. The molecule has 2 N–H and O–H groups in total. The van der Waals surface area contributed by atoms with E-state index < -0.39 is 0 Å². The van der Waals surface area contributed by atoms with E-state index in [2.05, 4.69) is 59.8 Å². The van der Waals surface area contributed by atoms with Crippen molar-refractivity contribution in [2.24, 2.45) is 5.73 Å². The number of nitrogens with two attached hydrogens (primary N) is 1. The summed E-state index contributed by atoms with van der Waals surface area (Å²) in [6.45, 7) is 5.27. The van der Waals surface area contributed by atoms with Crippen LogP contribution >= 0.6 is 11.8 Å². The van der Waals surface area contributed by atoms with Crippen molar-refractivity contribution in [1.82, 2.24) is 0 Å². The van der Waals surface area contributed by atoms with Gasteiger partial charge in [-0.25, -0.2) is 0 Å². The van der Waals surface area contributed by atoms with Crippen LogP contribution in [0.5, 0.6) is 0 Å². The van der Waals surface area contributed by atoms with Gasteiger partial charge in [-0.05, 0) is 30.7 Å². The smallest absolute Gasteiger partial charge is 0.0641 e. The van der Waals surface area contributed by atoms with Gasteiger partial charge < -0.3 is 15.5 Å². The van der Waals surface area contributed by atoms with Crippen molar-refractivity contribution in [3.05, 3.63) is 24.3 Å². The van der Waals surface area contributed by atoms with Crippen LogP contribution in [0.15, 0.2) is 24.3 Å². The van der Waals surface area contributed by atoms with E-state index in [4.69, 9.17) is 5.73 Å². The zero-order valence-corrected chi connectivity index (χ0v) is 13.3. The van der Waals surface area contributed by atoms with Crippen LogP contribution in [0.3, 0.4) is 0 Å². The van der Waals surface area contributed by atoms with E-state index in [0.717, 1.165) is 19.6 Å². The second-order valence-electron chi connectivity index (χ2n) is 5.99. The molecule has 2 aliphatic heterocycles. The summed E-state index contributed by atoms with van der Waals surface area (Å²) >= 11 is 2.08. The topological polar surface area (TPSA) is 32.5 Å². The molecule has 0 saturated carbocycles.